The molecule has 222 valence electrons. The highest BCUT2D eigenvalue weighted by Gasteiger charge is 2.23. The largest absolute Gasteiger partial charge is 0.480 e. The molecular formula is C28H47N3O7S. The molecule has 0 spiro atoms. The number of carboxylic acids is 2. The average molecular weight is 570 g/mol. The van der Waals surface area contributed by atoms with E-state index >= 15 is 0 Å². The first-order valence-electron chi connectivity index (χ1n) is 13.9. The van der Waals surface area contributed by atoms with Crippen LogP contribution in [0.15, 0.2) is 24.3 Å². The number of amides is 2. The van der Waals surface area contributed by atoms with Gasteiger partial charge in [-0.05, 0) is 44.9 Å². The molecule has 0 aromatic carbocycles. The standard InChI is InChI=1S/C28H47N3O7S/c1-2-3-4-5-6-7-8-9-10-11-12-13-14-15-16-17-26(35)39-21-23(27(36)30-20-25(33)34)31-24(32)19-18-22(29)28(37)38/h6-7,9-10,22-23H,2-5,8,11-21,29H2,1H3,(H,30,36)(H,31,32)(H,33,34)(H,37,38)/b7-6-,10-9-/t22-,23-/m0/s1. The Hall–Kier alpha value is -2.66. The van der Waals surface area contributed by atoms with Crippen molar-refractivity contribution in [3.63, 3.8) is 0 Å². The highest BCUT2D eigenvalue weighted by Crippen LogP contribution is 2.14. The summed E-state index contributed by atoms with van der Waals surface area (Å²) in [7, 11) is 0. The van der Waals surface area contributed by atoms with Crippen LogP contribution in [0.3, 0.4) is 0 Å². The predicted molar refractivity (Wildman–Crippen MR) is 154 cm³/mol. The van der Waals surface area contributed by atoms with E-state index in [1.807, 2.05) is 0 Å². The van der Waals surface area contributed by atoms with Gasteiger partial charge < -0.3 is 26.6 Å². The SMILES string of the molecule is CCCCC/C=C\C/C=C\CCCCCCCC(=O)SC[C@H](NC(=O)CC[C@H](N)C(=O)O)C(=O)NCC(=O)O. The zero-order valence-electron chi connectivity index (χ0n) is 23.2. The lowest BCUT2D eigenvalue weighted by molar-refractivity contribution is -0.139. The summed E-state index contributed by atoms with van der Waals surface area (Å²) in [6.07, 6.45) is 20.8. The summed E-state index contributed by atoms with van der Waals surface area (Å²) in [4.78, 5) is 58.3. The van der Waals surface area contributed by atoms with E-state index in [2.05, 4.69) is 41.9 Å². The monoisotopic (exact) mass is 569 g/mol. The van der Waals surface area contributed by atoms with E-state index in [1.54, 1.807) is 0 Å². The molecular weight excluding hydrogens is 522 g/mol. The Kier molecular flexibility index (Phi) is 22.7. The van der Waals surface area contributed by atoms with Crippen LogP contribution in [0.5, 0.6) is 0 Å². The average Bonchev–Trinajstić information content (AvgIpc) is 2.90. The van der Waals surface area contributed by atoms with Crippen molar-refractivity contribution in [1.82, 2.24) is 10.6 Å². The van der Waals surface area contributed by atoms with E-state index in [9.17, 15) is 24.0 Å². The van der Waals surface area contributed by atoms with E-state index in [0.717, 1.165) is 63.1 Å². The van der Waals surface area contributed by atoms with Gasteiger partial charge in [0.2, 0.25) is 11.8 Å². The van der Waals surface area contributed by atoms with Gasteiger partial charge in [0.1, 0.15) is 18.6 Å². The summed E-state index contributed by atoms with van der Waals surface area (Å²) in [6.45, 7) is 1.58. The van der Waals surface area contributed by atoms with E-state index < -0.39 is 42.4 Å². The Bertz CT molecular complexity index is 802. The number of nitrogens with two attached hydrogens (primary N) is 1. The molecule has 0 fully saturated rings. The molecule has 0 aliphatic heterocycles. The molecule has 0 aromatic rings. The lowest BCUT2D eigenvalue weighted by Crippen LogP contribution is -2.49. The van der Waals surface area contributed by atoms with Gasteiger partial charge in [-0.25, -0.2) is 0 Å². The van der Waals surface area contributed by atoms with Crippen LogP contribution in [-0.4, -0.2) is 63.5 Å². The Morgan fingerprint density at radius 1 is 0.846 bits per heavy atom. The maximum atomic E-state index is 12.3. The molecule has 11 heteroatoms. The van der Waals surface area contributed by atoms with Crippen LogP contribution in [0.1, 0.15) is 96.8 Å². The molecule has 0 saturated carbocycles. The maximum Gasteiger partial charge on any atom is 0.322 e. The summed E-state index contributed by atoms with van der Waals surface area (Å²) in [5, 5.41) is 22.1. The van der Waals surface area contributed by atoms with Crippen LogP contribution in [-0.2, 0) is 24.0 Å². The van der Waals surface area contributed by atoms with Gasteiger partial charge in [-0.15, -0.1) is 0 Å². The van der Waals surface area contributed by atoms with Crippen molar-refractivity contribution in [2.45, 2.75) is 109 Å². The number of carboxylic acid groups (broad SMARTS) is 2. The molecule has 10 nitrogen and oxygen atoms in total. The van der Waals surface area contributed by atoms with Gasteiger partial charge in [0, 0.05) is 18.6 Å². The quantitative estimate of drug-likeness (QED) is 0.0851. The van der Waals surface area contributed by atoms with Crippen LogP contribution in [0.2, 0.25) is 0 Å². The summed E-state index contributed by atoms with van der Waals surface area (Å²) < 4.78 is 0. The van der Waals surface area contributed by atoms with Gasteiger partial charge in [0.25, 0.3) is 0 Å². The second-order valence-electron chi connectivity index (χ2n) is 9.38. The smallest absolute Gasteiger partial charge is 0.322 e. The lowest BCUT2D eigenvalue weighted by atomic mass is 10.1. The highest BCUT2D eigenvalue weighted by atomic mass is 32.2. The molecule has 0 aromatic heterocycles. The second-order valence-corrected chi connectivity index (χ2v) is 10.5. The van der Waals surface area contributed by atoms with Crippen LogP contribution >= 0.6 is 11.8 Å². The number of hydrogen-bond donors (Lipinski definition) is 5. The van der Waals surface area contributed by atoms with E-state index in [1.165, 1.54) is 19.3 Å². The number of rotatable bonds is 24. The fourth-order valence-corrected chi connectivity index (χ4v) is 4.35. The van der Waals surface area contributed by atoms with Crippen LogP contribution in [0.4, 0.5) is 0 Å². The summed E-state index contributed by atoms with van der Waals surface area (Å²) >= 11 is 0.910. The van der Waals surface area contributed by atoms with Crippen LogP contribution in [0, 0.1) is 0 Å². The predicted octanol–water partition coefficient (Wildman–Crippen LogP) is 3.94. The van der Waals surface area contributed by atoms with Gasteiger partial charge in [-0.2, -0.15) is 0 Å². The van der Waals surface area contributed by atoms with Crippen LogP contribution in [0.25, 0.3) is 0 Å². The fourth-order valence-electron chi connectivity index (χ4n) is 3.47. The van der Waals surface area contributed by atoms with Gasteiger partial charge in [0.15, 0.2) is 5.12 Å². The van der Waals surface area contributed by atoms with Crippen molar-refractivity contribution in [3.8, 4) is 0 Å². The van der Waals surface area contributed by atoms with Crippen molar-refractivity contribution in [1.29, 1.82) is 0 Å². The summed E-state index contributed by atoms with van der Waals surface area (Å²) in [5.74, 6) is -3.88. The van der Waals surface area contributed by atoms with Gasteiger partial charge in [-0.3, -0.25) is 24.0 Å². The molecule has 2 atom stereocenters. The molecule has 0 radical (unpaired) electrons. The molecule has 0 heterocycles. The number of allylic oxidation sites excluding steroid dienone is 4. The number of carbonyl (C=O) groups excluding carboxylic acids is 3. The minimum Gasteiger partial charge on any atom is -0.480 e. The Morgan fingerprint density at radius 3 is 2.08 bits per heavy atom. The van der Waals surface area contributed by atoms with E-state index in [0.29, 0.717) is 6.42 Å². The molecule has 2 amide bonds. The molecule has 0 aliphatic rings. The Morgan fingerprint density at radius 2 is 1.46 bits per heavy atom. The zero-order valence-corrected chi connectivity index (χ0v) is 24.0. The molecule has 0 rings (SSSR count). The number of thioether (sulfide) groups is 1. The highest BCUT2D eigenvalue weighted by molar-refractivity contribution is 8.13. The van der Waals surface area contributed by atoms with Gasteiger partial charge in [0.05, 0.1) is 0 Å². The first kappa shape index (κ1) is 36.3. The number of unbranched alkanes of at least 4 members (excludes halogenated alkanes) is 8. The Balaban J connectivity index is 4.18. The molecule has 0 unspecified atom stereocenters. The van der Waals surface area contributed by atoms with Crippen molar-refractivity contribution >= 4 is 40.6 Å². The summed E-state index contributed by atoms with van der Waals surface area (Å²) in [6, 6.07) is -2.34. The normalized spacial score (nSPS) is 12.9. The van der Waals surface area contributed by atoms with Gasteiger partial charge >= 0.3 is 11.9 Å². The summed E-state index contributed by atoms with van der Waals surface area (Å²) in [5.41, 5.74) is 5.39. The van der Waals surface area contributed by atoms with Crippen molar-refractivity contribution in [2.24, 2.45) is 5.73 Å². The molecule has 0 aliphatic carbocycles. The third kappa shape index (κ3) is 23.0. The third-order valence-corrected chi connectivity index (χ3v) is 6.83. The van der Waals surface area contributed by atoms with Crippen molar-refractivity contribution < 1.29 is 34.2 Å². The fraction of sp³-hybridized carbons (Fsp3) is 0.679. The molecule has 0 bridgehead atoms. The minimum absolute atomic E-state index is 0.0543. The Labute approximate surface area is 236 Å². The topological polar surface area (TPSA) is 176 Å². The lowest BCUT2D eigenvalue weighted by Gasteiger charge is -2.18. The van der Waals surface area contributed by atoms with E-state index in [-0.39, 0.29) is 23.7 Å². The van der Waals surface area contributed by atoms with Gasteiger partial charge in [-0.1, -0.05) is 75.1 Å². The number of aliphatic carboxylic acids is 2. The third-order valence-electron chi connectivity index (χ3n) is 5.81. The molecule has 0 saturated heterocycles. The second kappa shape index (κ2) is 24.4. The number of hydrogen-bond acceptors (Lipinski definition) is 7. The molecule has 6 N–H and O–H groups in total. The number of carbonyl (C=O) groups is 5. The van der Waals surface area contributed by atoms with Crippen molar-refractivity contribution in [3.05, 3.63) is 24.3 Å². The van der Waals surface area contributed by atoms with E-state index in [4.69, 9.17) is 15.9 Å². The molecule has 39 heavy (non-hydrogen) atoms. The number of nitrogens with one attached hydrogen (secondary N) is 2. The minimum atomic E-state index is -1.24. The van der Waals surface area contributed by atoms with Crippen LogP contribution < -0.4 is 16.4 Å². The first-order valence-corrected chi connectivity index (χ1v) is 14.9. The first-order chi connectivity index (χ1) is 18.7. The zero-order chi connectivity index (χ0) is 29.3. The maximum absolute atomic E-state index is 12.3. The van der Waals surface area contributed by atoms with Crippen molar-refractivity contribution in [2.75, 3.05) is 12.3 Å².